The molecule has 6 heteroatoms. The number of benzene rings is 1. The molecule has 29 heavy (non-hydrogen) atoms. The highest BCUT2D eigenvalue weighted by atomic mass is 16.5. The van der Waals surface area contributed by atoms with E-state index in [9.17, 15) is 0 Å². The lowest BCUT2D eigenvalue weighted by Gasteiger charge is -2.18. The Morgan fingerprint density at radius 3 is 2.72 bits per heavy atom. The summed E-state index contributed by atoms with van der Waals surface area (Å²) in [5.74, 6) is 1.80. The maximum absolute atomic E-state index is 6.20. The van der Waals surface area contributed by atoms with Gasteiger partial charge in [-0.3, -0.25) is 0 Å². The molecule has 0 spiro atoms. The number of hydrogen-bond acceptors (Lipinski definition) is 4. The normalized spacial score (nSPS) is 17.0. The van der Waals surface area contributed by atoms with E-state index in [1.807, 2.05) is 0 Å². The molecule has 2 N–H and O–H groups in total. The fourth-order valence-electron chi connectivity index (χ4n) is 3.40. The molecule has 0 bridgehead atoms. The fourth-order valence-corrected chi connectivity index (χ4v) is 3.40. The number of ether oxygens (including phenoxy) is 2. The Hall–Kier alpha value is -1.79. The number of nitrogens with zero attached hydrogens (tertiary/aromatic N) is 2. The Bertz CT molecular complexity index is 611. The van der Waals surface area contributed by atoms with Crippen LogP contribution in [0.5, 0.6) is 5.75 Å². The lowest BCUT2D eigenvalue weighted by Crippen LogP contribution is -2.38. The van der Waals surface area contributed by atoms with Crippen LogP contribution < -0.4 is 15.4 Å². The third-order valence-electron chi connectivity index (χ3n) is 5.24. The van der Waals surface area contributed by atoms with Crippen LogP contribution in [0.1, 0.15) is 51.2 Å². The highest BCUT2D eigenvalue weighted by Gasteiger charge is 2.18. The Morgan fingerprint density at radius 1 is 1.21 bits per heavy atom. The van der Waals surface area contributed by atoms with Crippen molar-refractivity contribution >= 4 is 5.96 Å². The Balaban J connectivity index is 1.88. The van der Waals surface area contributed by atoms with E-state index < -0.39 is 0 Å². The quantitative estimate of drug-likeness (QED) is 0.318. The second-order valence-electron chi connectivity index (χ2n) is 7.57. The van der Waals surface area contributed by atoms with Crippen molar-refractivity contribution in [2.24, 2.45) is 4.99 Å². The SMILES string of the molecule is CCNC(=NCc1ccc(C)cc1OC1CCOC1)NCCCCN(CC)CC. The lowest BCUT2D eigenvalue weighted by molar-refractivity contribution is 0.140. The average molecular weight is 405 g/mol. The molecule has 2 rings (SSSR count). The molecular formula is C23H40N4O2. The minimum Gasteiger partial charge on any atom is -0.488 e. The zero-order valence-electron chi connectivity index (χ0n) is 18.8. The smallest absolute Gasteiger partial charge is 0.191 e. The van der Waals surface area contributed by atoms with Gasteiger partial charge in [0.1, 0.15) is 11.9 Å². The third-order valence-corrected chi connectivity index (χ3v) is 5.24. The third kappa shape index (κ3) is 8.62. The maximum Gasteiger partial charge on any atom is 0.191 e. The van der Waals surface area contributed by atoms with Gasteiger partial charge in [0.2, 0.25) is 0 Å². The molecule has 0 saturated carbocycles. The molecule has 1 unspecified atom stereocenters. The minimum absolute atomic E-state index is 0.150. The van der Waals surface area contributed by atoms with Crippen LogP contribution in [0, 0.1) is 6.92 Å². The van der Waals surface area contributed by atoms with Crippen molar-refractivity contribution in [3.8, 4) is 5.75 Å². The summed E-state index contributed by atoms with van der Waals surface area (Å²) in [5.41, 5.74) is 2.31. The fraction of sp³-hybridized carbons (Fsp3) is 0.696. The van der Waals surface area contributed by atoms with Gasteiger partial charge in [-0.2, -0.15) is 0 Å². The first-order chi connectivity index (χ1) is 14.2. The van der Waals surface area contributed by atoms with Crippen molar-refractivity contribution in [3.63, 3.8) is 0 Å². The van der Waals surface area contributed by atoms with Crippen LogP contribution in [0.15, 0.2) is 23.2 Å². The van der Waals surface area contributed by atoms with Gasteiger partial charge in [-0.1, -0.05) is 26.0 Å². The van der Waals surface area contributed by atoms with Crippen molar-refractivity contribution in [3.05, 3.63) is 29.3 Å². The summed E-state index contributed by atoms with van der Waals surface area (Å²) in [6.45, 7) is 15.9. The molecule has 1 aromatic rings. The van der Waals surface area contributed by atoms with Gasteiger partial charge >= 0.3 is 0 Å². The zero-order valence-corrected chi connectivity index (χ0v) is 18.8. The van der Waals surface area contributed by atoms with Gasteiger partial charge in [-0.25, -0.2) is 4.99 Å². The van der Waals surface area contributed by atoms with E-state index in [1.54, 1.807) is 0 Å². The number of rotatable bonds is 12. The summed E-state index contributed by atoms with van der Waals surface area (Å²) in [6, 6.07) is 6.35. The maximum atomic E-state index is 6.20. The van der Waals surface area contributed by atoms with Gasteiger partial charge in [0, 0.05) is 25.1 Å². The zero-order chi connectivity index (χ0) is 20.9. The first-order valence-electron chi connectivity index (χ1n) is 11.2. The molecule has 1 aliphatic heterocycles. The van der Waals surface area contributed by atoms with Gasteiger partial charge in [0.05, 0.1) is 19.8 Å². The van der Waals surface area contributed by atoms with Gasteiger partial charge in [-0.05, 0) is 58.0 Å². The molecular weight excluding hydrogens is 364 g/mol. The monoisotopic (exact) mass is 404 g/mol. The highest BCUT2D eigenvalue weighted by Crippen LogP contribution is 2.24. The second-order valence-corrected chi connectivity index (χ2v) is 7.57. The van der Waals surface area contributed by atoms with Crippen molar-refractivity contribution in [1.82, 2.24) is 15.5 Å². The Morgan fingerprint density at radius 2 is 2.03 bits per heavy atom. The van der Waals surface area contributed by atoms with Crippen LogP contribution in [-0.2, 0) is 11.3 Å². The van der Waals surface area contributed by atoms with Crippen molar-refractivity contribution in [2.75, 3.05) is 45.9 Å². The number of guanidine groups is 1. The van der Waals surface area contributed by atoms with Gasteiger partial charge in [0.25, 0.3) is 0 Å². The minimum atomic E-state index is 0.150. The standard InChI is InChI=1S/C23H40N4O2/c1-5-24-23(25-13-8-9-14-27(6-2)7-3)26-17-20-11-10-19(4)16-22(20)29-21-12-15-28-18-21/h10-11,16,21H,5-9,12-15,17-18H2,1-4H3,(H2,24,25,26). The first kappa shape index (κ1) is 23.5. The molecule has 1 aromatic carbocycles. The summed E-state index contributed by atoms with van der Waals surface area (Å²) < 4.78 is 11.6. The highest BCUT2D eigenvalue weighted by molar-refractivity contribution is 5.79. The van der Waals surface area contributed by atoms with E-state index in [4.69, 9.17) is 14.5 Å². The molecule has 0 radical (unpaired) electrons. The van der Waals surface area contributed by atoms with Gasteiger partial charge < -0.3 is 25.0 Å². The molecule has 1 fully saturated rings. The molecule has 0 aromatic heterocycles. The molecule has 1 saturated heterocycles. The van der Waals surface area contributed by atoms with E-state index in [0.29, 0.717) is 13.2 Å². The van der Waals surface area contributed by atoms with Crippen LogP contribution in [0.3, 0.4) is 0 Å². The van der Waals surface area contributed by atoms with E-state index in [2.05, 4.69) is 61.4 Å². The molecule has 1 atom stereocenters. The van der Waals surface area contributed by atoms with E-state index >= 15 is 0 Å². The molecule has 0 aliphatic carbocycles. The van der Waals surface area contributed by atoms with Crippen LogP contribution >= 0.6 is 0 Å². The predicted octanol–water partition coefficient (Wildman–Crippen LogP) is 3.34. The van der Waals surface area contributed by atoms with Gasteiger partial charge in [-0.15, -0.1) is 0 Å². The number of aliphatic imine (C=N–C) groups is 1. The van der Waals surface area contributed by atoms with Crippen LogP contribution in [0.4, 0.5) is 0 Å². The second kappa shape index (κ2) is 13.4. The summed E-state index contributed by atoms with van der Waals surface area (Å²) in [7, 11) is 0. The first-order valence-corrected chi connectivity index (χ1v) is 11.2. The van der Waals surface area contributed by atoms with Crippen LogP contribution in [0.25, 0.3) is 0 Å². The van der Waals surface area contributed by atoms with E-state index in [0.717, 1.165) is 69.4 Å². The largest absolute Gasteiger partial charge is 0.488 e. The number of nitrogens with one attached hydrogen (secondary N) is 2. The van der Waals surface area contributed by atoms with Crippen molar-refractivity contribution < 1.29 is 9.47 Å². The van der Waals surface area contributed by atoms with E-state index in [-0.39, 0.29) is 6.10 Å². The van der Waals surface area contributed by atoms with Crippen LogP contribution in [0.2, 0.25) is 0 Å². The molecule has 164 valence electrons. The predicted molar refractivity (Wildman–Crippen MR) is 121 cm³/mol. The van der Waals surface area contributed by atoms with Crippen molar-refractivity contribution in [2.45, 2.75) is 59.6 Å². The summed E-state index contributed by atoms with van der Waals surface area (Å²) in [5, 5.41) is 6.81. The number of aryl methyl sites for hydroxylation is 1. The molecule has 6 nitrogen and oxygen atoms in total. The molecule has 0 amide bonds. The average Bonchev–Trinajstić information content (AvgIpc) is 3.23. The summed E-state index contributed by atoms with van der Waals surface area (Å²) >= 11 is 0. The lowest BCUT2D eigenvalue weighted by atomic mass is 10.1. The number of hydrogen-bond donors (Lipinski definition) is 2. The number of unbranched alkanes of at least 4 members (excludes halogenated alkanes) is 1. The summed E-state index contributed by atoms with van der Waals surface area (Å²) in [4.78, 5) is 7.25. The summed E-state index contributed by atoms with van der Waals surface area (Å²) in [6.07, 6.45) is 3.44. The van der Waals surface area contributed by atoms with Crippen molar-refractivity contribution in [1.29, 1.82) is 0 Å². The van der Waals surface area contributed by atoms with Gasteiger partial charge in [0.15, 0.2) is 5.96 Å². The van der Waals surface area contributed by atoms with E-state index in [1.165, 1.54) is 12.0 Å². The topological polar surface area (TPSA) is 58.1 Å². The van der Waals surface area contributed by atoms with Crippen LogP contribution in [-0.4, -0.2) is 62.9 Å². The Labute approximate surface area is 177 Å². The molecule has 1 aliphatic rings. The molecule has 1 heterocycles. The Kier molecular flexibility index (Phi) is 10.9.